The number of hydrogen-bond acceptors (Lipinski definition) is 4. The lowest BCUT2D eigenvalue weighted by molar-refractivity contribution is 0.0512. The van der Waals surface area contributed by atoms with E-state index in [1.54, 1.807) is 0 Å². The highest BCUT2D eigenvalue weighted by atomic mass is 32.3. The summed E-state index contributed by atoms with van der Waals surface area (Å²) in [5, 5.41) is 0. The van der Waals surface area contributed by atoms with Crippen LogP contribution in [0.5, 0.6) is 11.5 Å². The van der Waals surface area contributed by atoms with Gasteiger partial charge in [-0.05, 0) is 82.3 Å². The molecule has 0 amide bonds. The zero-order valence-electron chi connectivity index (χ0n) is 23.5. The molecule has 0 saturated heterocycles. The third kappa shape index (κ3) is 9.27. The van der Waals surface area contributed by atoms with Gasteiger partial charge in [0.2, 0.25) is 0 Å². The van der Waals surface area contributed by atoms with Gasteiger partial charge >= 0.3 is 10.4 Å². The number of benzene rings is 1. The van der Waals surface area contributed by atoms with Gasteiger partial charge < -0.3 is 8.92 Å². The maximum atomic E-state index is 11.3. The average molecular weight is 511 g/mol. The van der Waals surface area contributed by atoms with Gasteiger partial charge in [0.25, 0.3) is 0 Å². The molecular weight excluding hydrogens is 460 g/mol. The molecule has 6 heteroatoms. The van der Waals surface area contributed by atoms with Crippen molar-refractivity contribution in [3.05, 3.63) is 22.3 Å². The Labute approximate surface area is 215 Å². The lowest BCUT2D eigenvalue weighted by atomic mass is 9.84. The predicted molar refractivity (Wildman–Crippen MR) is 145 cm³/mol. The van der Waals surface area contributed by atoms with E-state index in [2.05, 4.69) is 34.6 Å². The Morgan fingerprint density at radius 1 is 0.886 bits per heavy atom. The molecule has 0 radical (unpaired) electrons. The summed E-state index contributed by atoms with van der Waals surface area (Å²) in [7, 11) is -4.57. The van der Waals surface area contributed by atoms with Crippen molar-refractivity contribution in [1.82, 2.24) is 0 Å². The van der Waals surface area contributed by atoms with Crippen LogP contribution in [0.15, 0.2) is 0 Å². The van der Waals surface area contributed by atoms with Gasteiger partial charge in [0.1, 0.15) is 11.4 Å². The molecule has 1 aromatic rings. The number of hydrogen-bond donors (Lipinski definition) is 1. The number of rotatable bonds is 14. The third-order valence-electron chi connectivity index (χ3n) is 8.03. The molecule has 35 heavy (non-hydrogen) atoms. The first kappa shape index (κ1) is 30.0. The minimum absolute atomic E-state index is 0.216. The van der Waals surface area contributed by atoms with Crippen LogP contribution in [-0.2, 0) is 16.8 Å². The van der Waals surface area contributed by atoms with Crippen LogP contribution in [0.25, 0.3) is 0 Å². The number of ether oxygens (including phenoxy) is 1. The van der Waals surface area contributed by atoms with Gasteiger partial charge in [0.05, 0.1) is 0 Å². The molecule has 0 fully saturated rings. The molecular formula is C29H50O5S. The van der Waals surface area contributed by atoms with Crippen LogP contribution in [0.1, 0.15) is 121 Å². The summed E-state index contributed by atoms with van der Waals surface area (Å²) in [5.41, 5.74) is 3.07. The molecule has 202 valence electrons. The van der Waals surface area contributed by atoms with Crippen molar-refractivity contribution in [1.29, 1.82) is 0 Å². The Balaban J connectivity index is 1.86. The van der Waals surface area contributed by atoms with Crippen molar-refractivity contribution < 1.29 is 21.9 Å². The Bertz CT molecular complexity index is 937. The van der Waals surface area contributed by atoms with E-state index < -0.39 is 10.4 Å². The van der Waals surface area contributed by atoms with Crippen molar-refractivity contribution >= 4 is 10.4 Å². The Kier molecular flexibility index (Phi) is 11.0. The first-order chi connectivity index (χ1) is 16.2. The molecule has 0 bridgehead atoms. The van der Waals surface area contributed by atoms with Crippen molar-refractivity contribution in [3.63, 3.8) is 0 Å². The van der Waals surface area contributed by atoms with E-state index in [-0.39, 0.29) is 11.4 Å². The van der Waals surface area contributed by atoms with E-state index in [0.717, 1.165) is 65.9 Å². The van der Waals surface area contributed by atoms with Gasteiger partial charge in [-0.1, -0.05) is 72.6 Å². The molecule has 1 heterocycles. The maximum Gasteiger partial charge on any atom is 0.446 e. The molecule has 0 saturated carbocycles. The largest absolute Gasteiger partial charge is 0.487 e. The van der Waals surface area contributed by atoms with Gasteiger partial charge in [-0.25, -0.2) is 0 Å². The van der Waals surface area contributed by atoms with Crippen LogP contribution in [0.4, 0.5) is 0 Å². The highest BCUT2D eigenvalue weighted by molar-refractivity contribution is 7.81. The molecule has 0 spiro atoms. The van der Waals surface area contributed by atoms with Crippen LogP contribution >= 0.6 is 0 Å². The lowest BCUT2D eigenvalue weighted by Crippen LogP contribution is -2.37. The summed E-state index contributed by atoms with van der Waals surface area (Å²) < 4.78 is 43.3. The summed E-state index contributed by atoms with van der Waals surface area (Å²) >= 11 is 0. The highest BCUT2D eigenvalue weighted by Gasteiger charge is 2.35. The number of fused-ring (bicyclic) bond motifs is 1. The summed E-state index contributed by atoms with van der Waals surface area (Å²) in [6.45, 7) is 17.2. The SMILES string of the molecule is Cc1c(C)c2c(c(C)c1OS(=O)(=O)O)CC[C@@](C)(CCC[C@H](C)CCC[C@H](C)CCCC(C)C)O2. The minimum atomic E-state index is -4.57. The third-order valence-corrected chi connectivity index (χ3v) is 8.40. The zero-order valence-corrected chi connectivity index (χ0v) is 24.3. The molecule has 1 aromatic carbocycles. The zero-order chi connectivity index (χ0) is 26.4. The summed E-state index contributed by atoms with van der Waals surface area (Å²) in [6.07, 6.45) is 13.2. The maximum absolute atomic E-state index is 11.3. The molecule has 1 N–H and O–H groups in total. The molecule has 0 aliphatic carbocycles. The summed E-state index contributed by atoms with van der Waals surface area (Å²) in [6, 6.07) is 0. The monoisotopic (exact) mass is 510 g/mol. The molecule has 2 rings (SSSR count). The second kappa shape index (κ2) is 12.8. The van der Waals surface area contributed by atoms with E-state index >= 15 is 0 Å². The highest BCUT2D eigenvalue weighted by Crippen LogP contribution is 2.45. The van der Waals surface area contributed by atoms with Crippen LogP contribution in [0.3, 0.4) is 0 Å². The normalized spacial score (nSPS) is 19.8. The minimum Gasteiger partial charge on any atom is -0.487 e. The Morgan fingerprint density at radius 3 is 1.97 bits per heavy atom. The van der Waals surface area contributed by atoms with E-state index in [0.29, 0.717) is 5.56 Å². The van der Waals surface area contributed by atoms with Crippen LogP contribution in [0.2, 0.25) is 0 Å². The molecule has 0 unspecified atom stereocenters. The van der Waals surface area contributed by atoms with Gasteiger partial charge in [-0.2, -0.15) is 8.42 Å². The van der Waals surface area contributed by atoms with Crippen molar-refractivity contribution in [2.45, 2.75) is 132 Å². The summed E-state index contributed by atoms with van der Waals surface area (Å²) in [5.74, 6) is 3.48. The van der Waals surface area contributed by atoms with E-state index in [4.69, 9.17) is 8.92 Å². The standard InChI is InChI=1S/C29H50O5S/c1-20(2)12-9-13-21(3)14-10-15-22(4)16-11-18-29(8)19-17-26-25(7)27(34-35(30,31)32)23(5)24(6)28(26)33-29/h20-22H,9-19H2,1-8H3,(H,30,31,32)/t21-,22-,29-/m1/s1. The molecule has 0 aromatic heterocycles. The first-order valence-electron chi connectivity index (χ1n) is 13.7. The predicted octanol–water partition coefficient (Wildman–Crippen LogP) is 8.32. The lowest BCUT2D eigenvalue weighted by Gasteiger charge is -2.38. The van der Waals surface area contributed by atoms with E-state index in [9.17, 15) is 13.0 Å². The molecule has 3 atom stereocenters. The van der Waals surface area contributed by atoms with E-state index in [1.165, 1.54) is 44.9 Å². The average Bonchev–Trinajstić information content (AvgIpc) is 2.74. The molecule has 1 aliphatic rings. The molecule has 5 nitrogen and oxygen atoms in total. The van der Waals surface area contributed by atoms with Crippen LogP contribution < -0.4 is 8.92 Å². The van der Waals surface area contributed by atoms with E-state index in [1.807, 2.05) is 20.8 Å². The molecule has 1 aliphatic heterocycles. The quantitative estimate of drug-likeness (QED) is 0.255. The van der Waals surface area contributed by atoms with Gasteiger partial charge in [-0.15, -0.1) is 0 Å². The smallest absolute Gasteiger partial charge is 0.446 e. The Morgan fingerprint density at radius 2 is 1.43 bits per heavy atom. The van der Waals surface area contributed by atoms with Crippen LogP contribution in [0, 0.1) is 38.5 Å². The second-order valence-electron chi connectivity index (χ2n) is 11.9. The second-order valence-corrected chi connectivity index (χ2v) is 13.0. The van der Waals surface area contributed by atoms with Gasteiger partial charge in [0, 0.05) is 11.1 Å². The fourth-order valence-corrected chi connectivity index (χ4v) is 5.95. The fraction of sp³-hybridized carbons (Fsp3) is 0.793. The summed E-state index contributed by atoms with van der Waals surface area (Å²) in [4.78, 5) is 0. The van der Waals surface area contributed by atoms with Crippen molar-refractivity contribution in [2.75, 3.05) is 0 Å². The van der Waals surface area contributed by atoms with Gasteiger partial charge in [-0.3, -0.25) is 4.55 Å². The van der Waals surface area contributed by atoms with Crippen molar-refractivity contribution in [3.8, 4) is 11.5 Å². The topological polar surface area (TPSA) is 72.8 Å². The Hall–Kier alpha value is -1.27. The van der Waals surface area contributed by atoms with Crippen LogP contribution in [-0.4, -0.2) is 18.6 Å². The van der Waals surface area contributed by atoms with Crippen molar-refractivity contribution in [2.24, 2.45) is 17.8 Å². The fourth-order valence-electron chi connectivity index (χ4n) is 5.49. The first-order valence-corrected chi connectivity index (χ1v) is 15.1. The van der Waals surface area contributed by atoms with Gasteiger partial charge in [0.15, 0.2) is 5.75 Å².